The first-order valence-corrected chi connectivity index (χ1v) is 6.60. The van der Waals surface area contributed by atoms with E-state index in [0.29, 0.717) is 10.8 Å². The summed E-state index contributed by atoms with van der Waals surface area (Å²) in [6.45, 7) is 3.82. The Morgan fingerprint density at radius 1 is 1.28 bits per heavy atom. The van der Waals surface area contributed by atoms with Gasteiger partial charge in [0.15, 0.2) is 5.16 Å². The average molecular weight is 263 g/mol. The van der Waals surface area contributed by atoms with Gasteiger partial charge in [0, 0.05) is 0 Å². The van der Waals surface area contributed by atoms with Crippen molar-refractivity contribution in [3.8, 4) is 5.69 Å². The van der Waals surface area contributed by atoms with Crippen LogP contribution in [0.1, 0.15) is 11.1 Å². The second-order valence-corrected chi connectivity index (χ2v) is 4.75. The van der Waals surface area contributed by atoms with Gasteiger partial charge in [-0.15, -0.1) is 0 Å². The first kappa shape index (κ1) is 12.6. The Morgan fingerprint density at radius 2 is 2.00 bits per heavy atom. The minimum Gasteiger partial charge on any atom is -0.286 e. The van der Waals surface area contributed by atoms with Crippen LogP contribution in [0.25, 0.3) is 5.69 Å². The van der Waals surface area contributed by atoms with E-state index in [1.807, 2.05) is 26.0 Å². The lowest BCUT2D eigenvalue weighted by Crippen LogP contribution is -2.36. The number of nitrogens with zero attached hydrogens (tertiary/aromatic N) is 2. The molecule has 2 rings (SSSR count). The maximum atomic E-state index is 11.9. The van der Waals surface area contributed by atoms with Crippen LogP contribution in [-0.2, 0) is 0 Å². The minimum absolute atomic E-state index is 0.325. The zero-order chi connectivity index (χ0) is 13.3. The quantitative estimate of drug-likeness (QED) is 0.828. The number of aromatic amines is 1. The summed E-state index contributed by atoms with van der Waals surface area (Å²) >= 11 is 1.23. The van der Waals surface area contributed by atoms with Gasteiger partial charge in [-0.25, -0.2) is 14.2 Å². The second-order valence-electron chi connectivity index (χ2n) is 3.96. The molecule has 2 aromatic rings. The standard InChI is InChI=1S/C12H13N3O2S/c1-7-4-5-9(8(2)6-7)15-11(16)13-10(18-3)14-12(15)17/h4-6H,1-3H3,(H,13,14,16,17). The molecule has 1 N–H and O–H groups in total. The third-order valence-corrected chi connectivity index (χ3v) is 3.17. The number of hydrogen-bond donors (Lipinski definition) is 1. The van der Waals surface area contributed by atoms with Crippen LogP contribution in [0, 0.1) is 13.8 Å². The summed E-state index contributed by atoms with van der Waals surface area (Å²) in [6, 6.07) is 5.53. The van der Waals surface area contributed by atoms with Crippen molar-refractivity contribution in [1.82, 2.24) is 14.5 Å². The fourth-order valence-corrected chi connectivity index (χ4v) is 2.12. The highest BCUT2D eigenvalue weighted by molar-refractivity contribution is 7.98. The molecule has 0 radical (unpaired) electrons. The summed E-state index contributed by atoms with van der Waals surface area (Å²) < 4.78 is 1.05. The van der Waals surface area contributed by atoms with Crippen molar-refractivity contribution in [2.24, 2.45) is 0 Å². The van der Waals surface area contributed by atoms with E-state index in [1.165, 1.54) is 11.8 Å². The zero-order valence-electron chi connectivity index (χ0n) is 10.4. The van der Waals surface area contributed by atoms with Gasteiger partial charge in [-0.3, -0.25) is 4.98 Å². The molecule has 0 saturated heterocycles. The molecule has 6 heteroatoms. The SMILES string of the molecule is CSc1nc(=O)n(-c2ccc(C)cc2C)c(=O)[nH]1. The van der Waals surface area contributed by atoms with Crippen LogP contribution >= 0.6 is 11.8 Å². The molecule has 94 valence electrons. The van der Waals surface area contributed by atoms with Crippen molar-refractivity contribution < 1.29 is 0 Å². The van der Waals surface area contributed by atoms with Gasteiger partial charge in [-0.05, 0) is 31.7 Å². The van der Waals surface area contributed by atoms with Crippen LogP contribution in [-0.4, -0.2) is 20.8 Å². The van der Waals surface area contributed by atoms with E-state index in [1.54, 1.807) is 12.3 Å². The molecule has 1 aromatic heterocycles. The molecule has 0 atom stereocenters. The van der Waals surface area contributed by atoms with Crippen LogP contribution in [0.5, 0.6) is 0 Å². The number of H-pyrrole nitrogens is 1. The molecule has 0 fully saturated rings. The Balaban J connectivity index is 2.72. The molecule has 18 heavy (non-hydrogen) atoms. The normalized spacial score (nSPS) is 10.6. The molecule has 0 aliphatic heterocycles. The highest BCUT2D eigenvalue weighted by Gasteiger charge is 2.09. The third kappa shape index (κ3) is 2.24. The van der Waals surface area contributed by atoms with E-state index in [0.717, 1.165) is 15.7 Å². The van der Waals surface area contributed by atoms with E-state index in [4.69, 9.17) is 0 Å². The fourth-order valence-electron chi connectivity index (χ4n) is 1.76. The highest BCUT2D eigenvalue weighted by Crippen LogP contribution is 2.12. The van der Waals surface area contributed by atoms with Gasteiger partial charge in [0.05, 0.1) is 5.69 Å². The van der Waals surface area contributed by atoms with Crippen LogP contribution in [0.2, 0.25) is 0 Å². The van der Waals surface area contributed by atoms with Crippen LogP contribution in [0.4, 0.5) is 0 Å². The summed E-state index contributed by atoms with van der Waals surface area (Å²) in [5.74, 6) is 0. The predicted molar refractivity (Wildman–Crippen MR) is 71.7 cm³/mol. The summed E-state index contributed by atoms with van der Waals surface area (Å²) in [5, 5.41) is 0.325. The Hall–Kier alpha value is -1.82. The second kappa shape index (κ2) is 4.81. The summed E-state index contributed by atoms with van der Waals surface area (Å²) in [6.07, 6.45) is 1.75. The molecule has 0 unspecified atom stereocenters. The number of rotatable bonds is 2. The number of benzene rings is 1. The topological polar surface area (TPSA) is 67.8 Å². The van der Waals surface area contributed by atoms with Crippen molar-refractivity contribution in [1.29, 1.82) is 0 Å². The largest absolute Gasteiger partial charge is 0.358 e. The van der Waals surface area contributed by atoms with Gasteiger partial charge in [0.2, 0.25) is 0 Å². The molecular formula is C12H13N3O2S. The van der Waals surface area contributed by atoms with E-state index < -0.39 is 11.4 Å². The maximum Gasteiger partial charge on any atom is 0.358 e. The van der Waals surface area contributed by atoms with Crippen LogP contribution in [0.15, 0.2) is 32.9 Å². The molecule has 1 aromatic carbocycles. The first-order chi connectivity index (χ1) is 8.52. The number of thioether (sulfide) groups is 1. The third-order valence-electron chi connectivity index (χ3n) is 2.59. The molecule has 0 spiro atoms. The molecule has 0 amide bonds. The summed E-state index contributed by atoms with van der Waals surface area (Å²) in [7, 11) is 0. The van der Waals surface area contributed by atoms with Gasteiger partial charge >= 0.3 is 11.4 Å². The predicted octanol–water partition coefficient (Wildman–Crippen LogP) is 1.26. The number of nitrogens with one attached hydrogen (secondary N) is 1. The van der Waals surface area contributed by atoms with Crippen molar-refractivity contribution in [2.45, 2.75) is 19.0 Å². The van der Waals surface area contributed by atoms with Crippen LogP contribution < -0.4 is 11.4 Å². The number of aromatic nitrogens is 3. The zero-order valence-corrected chi connectivity index (χ0v) is 11.2. The fraction of sp³-hybridized carbons (Fsp3) is 0.250. The van der Waals surface area contributed by atoms with Crippen LogP contribution in [0.3, 0.4) is 0 Å². The Labute approximate surface area is 108 Å². The lowest BCUT2D eigenvalue weighted by molar-refractivity contribution is 0.740. The van der Waals surface area contributed by atoms with Gasteiger partial charge in [-0.1, -0.05) is 29.5 Å². The summed E-state index contributed by atoms with van der Waals surface area (Å²) in [4.78, 5) is 30.2. The molecule has 5 nitrogen and oxygen atoms in total. The van der Waals surface area contributed by atoms with E-state index in [2.05, 4.69) is 9.97 Å². The van der Waals surface area contributed by atoms with Crippen molar-refractivity contribution >= 4 is 11.8 Å². The highest BCUT2D eigenvalue weighted by atomic mass is 32.2. The minimum atomic E-state index is -0.560. The van der Waals surface area contributed by atoms with Gasteiger partial charge < -0.3 is 0 Å². The molecular weight excluding hydrogens is 250 g/mol. The molecule has 0 aliphatic rings. The van der Waals surface area contributed by atoms with E-state index >= 15 is 0 Å². The van der Waals surface area contributed by atoms with Crippen molar-refractivity contribution in [3.63, 3.8) is 0 Å². The summed E-state index contributed by atoms with van der Waals surface area (Å²) in [5.41, 5.74) is 1.48. The lowest BCUT2D eigenvalue weighted by Gasteiger charge is -2.08. The first-order valence-electron chi connectivity index (χ1n) is 5.38. The molecule has 1 heterocycles. The van der Waals surface area contributed by atoms with Crippen molar-refractivity contribution in [3.05, 3.63) is 50.3 Å². The molecule has 0 bridgehead atoms. The van der Waals surface area contributed by atoms with Gasteiger partial charge in [-0.2, -0.15) is 4.98 Å². The number of aryl methyl sites for hydroxylation is 2. The monoisotopic (exact) mass is 263 g/mol. The van der Waals surface area contributed by atoms with Gasteiger partial charge in [0.1, 0.15) is 0 Å². The Kier molecular flexibility index (Phi) is 3.38. The van der Waals surface area contributed by atoms with Crippen molar-refractivity contribution in [2.75, 3.05) is 6.26 Å². The Bertz CT molecular complexity index is 672. The van der Waals surface area contributed by atoms with E-state index in [9.17, 15) is 9.59 Å². The lowest BCUT2D eigenvalue weighted by atomic mass is 10.1. The number of hydrogen-bond acceptors (Lipinski definition) is 4. The average Bonchev–Trinajstić information content (AvgIpc) is 2.30. The van der Waals surface area contributed by atoms with Gasteiger partial charge in [0.25, 0.3) is 0 Å². The van der Waals surface area contributed by atoms with E-state index in [-0.39, 0.29) is 0 Å². The molecule has 0 saturated carbocycles. The maximum absolute atomic E-state index is 11.9. The smallest absolute Gasteiger partial charge is 0.286 e. The Morgan fingerprint density at radius 3 is 2.56 bits per heavy atom. The molecule has 0 aliphatic carbocycles.